The number of aromatic nitrogens is 1. The fraction of sp³-hybridized carbons (Fsp3) is 0.0769. The number of carbonyl (C=O) groups excluding carboxylic acids is 1. The Kier molecular flexibility index (Phi) is 2.95. The summed E-state index contributed by atoms with van der Waals surface area (Å²) in [5.74, 6) is -0.262. The molecule has 2 aromatic heterocycles. The Morgan fingerprint density at radius 1 is 1.33 bits per heavy atom. The first-order valence-corrected chi connectivity index (χ1v) is 7.11. The normalized spacial score (nSPS) is 10.9. The summed E-state index contributed by atoms with van der Waals surface area (Å²) in [5, 5.41) is 13.9. The Morgan fingerprint density at radius 3 is 2.94 bits per heavy atom. The van der Waals surface area contributed by atoms with Crippen LogP contribution in [0.5, 0.6) is 0 Å². The molecule has 5 heteroatoms. The zero-order valence-electron chi connectivity index (χ0n) is 9.29. The predicted molar refractivity (Wildman–Crippen MR) is 74.3 cm³/mol. The highest BCUT2D eigenvalue weighted by Gasteiger charge is 2.10. The number of thiazole rings is 1. The van der Waals surface area contributed by atoms with Gasteiger partial charge in [-0.2, -0.15) is 11.3 Å². The number of benzene rings is 1. The van der Waals surface area contributed by atoms with Crippen LogP contribution in [0, 0.1) is 0 Å². The van der Waals surface area contributed by atoms with E-state index in [1.54, 1.807) is 34.8 Å². The maximum Gasteiger partial charge on any atom is 0.188 e. The molecule has 3 aromatic rings. The van der Waals surface area contributed by atoms with Gasteiger partial charge in [0.2, 0.25) is 0 Å². The minimum Gasteiger partial charge on any atom is -0.388 e. The molecule has 0 saturated carbocycles. The highest BCUT2D eigenvalue weighted by atomic mass is 32.1. The predicted octanol–water partition coefficient (Wildman–Crippen LogP) is 3.20. The lowest BCUT2D eigenvalue weighted by molar-refractivity contribution is 0.0904. The molecule has 0 aliphatic carbocycles. The van der Waals surface area contributed by atoms with Crippen LogP contribution in [0.2, 0.25) is 0 Å². The van der Waals surface area contributed by atoms with E-state index >= 15 is 0 Å². The maximum absolute atomic E-state index is 11.4. The molecule has 0 atom stereocenters. The van der Waals surface area contributed by atoms with Crippen LogP contribution in [0.4, 0.5) is 0 Å². The summed E-state index contributed by atoms with van der Waals surface area (Å²) in [6.45, 7) is -0.457. The Balaban J connectivity index is 2.10. The van der Waals surface area contributed by atoms with E-state index < -0.39 is 6.61 Å². The van der Waals surface area contributed by atoms with Crippen LogP contribution < -0.4 is 0 Å². The van der Waals surface area contributed by atoms with Gasteiger partial charge in [0.15, 0.2) is 5.78 Å². The molecule has 0 aliphatic rings. The molecule has 18 heavy (non-hydrogen) atoms. The first kappa shape index (κ1) is 11.5. The molecule has 1 N–H and O–H groups in total. The lowest BCUT2D eigenvalue weighted by atomic mass is 10.1. The molecule has 1 aromatic carbocycles. The minimum atomic E-state index is -0.457. The molecule has 90 valence electrons. The van der Waals surface area contributed by atoms with Gasteiger partial charge in [-0.05, 0) is 29.6 Å². The molecule has 0 unspecified atom stereocenters. The first-order valence-electron chi connectivity index (χ1n) is 5.35. The molecular weight excluding hydrogens is 266 g/mol. The third-order valence-corrected chi connectivity index (χ3v) is 4.37. The van der Waals surface area contributed by atoms with Crippen LogP contribution in [0.3, 0.4) is 0 Å². The van der Waals surface area contributed by atoms with E-state index in [0.29, 0.717) is 5.56 Å². The van der Waals surface area contributed by atoms with Gasteiger partial charge in [-0.1, -0.05) is 0 Å². The lowest BCUT2D eigenvalue weighted by Gasteiger charge is -1.95. The highest BCUT2D eigenvalue weighted by Crippen LogP contribution is 2.31. The van der Waals surface area contributed by atoms with Crippen molar-refractivity contribution in [2.45, 2.75) is 0 Å². The summed E-state index contributed by atoms with van der Waals surface area (Å²) in [4.78, 5) is 16.0. The van der Waals surface area contributed by atoms with E-state index in [4.69, 9.17) is 5.11 Å². The van der Waals surface area contributed by atoms with Crippen molar-refractivity contribution in [3.05, 3.63) is 40.6 Å². The van der Waals surface area contributed by atoms with Gasteiger partial charge in [0.1, 0.15) is 11.6 Å². The van der Waals surface area contributed by atoms with E-state index in [1.807, 2.05) is 17.5 Å². The second kappa shape index (κ2) is 4.61. The standard InChI is InChI=1S/C13H9NO2S2/c15-6-11(16)8-1-2-10-12(5-8)18-13(14-10)9-3-4-17-7-9/h1-5,7,15H,6H2. The number of fused-ring (bicyclic) bond motifs is 1. The van der Waals surface area contributed by atoms with Gasteiger partial charge in [0, 0.05) is 16.5 Å². The lowest BCUT2D eigenvalue weighted by Crippen LogP contribution is -2.03. The van der Waals surface area contributed by atoms with Crippen molar-refractivity contribution in [1.82, 2.24) is 4.98 Å². The number of carbonyl (C=O) groups is 1. The van der Waals surface area contributed by atoms with Crippen LogP contribution in [-0.2, 0) is 0 Å². The van der Waals surface area contributed by atoms with Crippen molar-refractivity contribution >= 4 is 38.7 Å². The summed E-state index contributed by atoms with van der Waals surface area (Å²) in [6, 6.07) is 7.35. The number of hydrogen-bond acceptors (Lipinski definition) is 5. The van der Waals surface area contributed by atoms with Crippen LogP contribution in [0.15, 0.2) is 35.0 Å². The third kappa shape index (κ3) is 1.96. The number of aliphatic hydroxyl groups excluding tert-OH is 1. The molecule has 0 radical (unpaired) electrons. The number of Topliss-reactive ketones (excluding diaryl/α,β-unsaturated/α-hetero) is 1. The van der Waals surface area contributed by atoms with Gasteiger partial charge in [-0.15, -0.1) is 11.3 Å². The van der Waals surface area contributed by atoms with E-state index in [9.17, 15) is 4.79 Å². The SMILES string of the molecule is O=C(CO)c1ccc2nc(-c3ccsc3)sc2c1. The van der Waals surface area contributed by atoms with E-state index in [1.165, 1.54) is 0 Å². The van der Waals surface area contributed by atoms with Crippen molar-refractivity contribution in [2.24, 2.45) is 0 Å². The fourth-order valence-corrected chi connectivity index (χ4v) is 3.42. The number of aliphatic hydroxyl groups is 1. The van der Waals surface area contributed by atoms with Crippen molar-refractivity contribution in [2.75, 3.05) is 6.61 Å². The monoisotopic (exact) mass is 275 g/mol. The smallest absolute Gasteiger partial charge is 0.188 e. The van der Waals surface area contributed by atoms with Gasteiger partial charge in [-0.25, -0.2) is 4.98 Å². The molecule has 0 spiro atoms. The molecule has 0 amide bonds. The zero-order chi connectivity index (χ0) is 12.5. The third-order valence-electron chi connectivity index (χ3n) is 2.62. The van der Waals surface area contributed by atoms with Crippen LogP contribution >= 0.6 is 22.7 Å². The van der Waals surface area contributed by atoms with Crippen LogP contribution in [-0.4, -0.2) is 22.5 Å². The number of nitrogens with zero attached hydrogens (tertiary/aromatic N) is 1. The molecule has 3 nitrogen and oxygen atoms in total. The zero-order valence-corrected chi connectivity index (χ0v) is 10.9. The molecule has 0 saturated heterocycles. The van der Waals surface area contributed by atoms with Crippen molar-refractivity contribution in [3.8, 4) is 10.6 Å². The second-order valence-electron chi connectivity index (χ2n) is 3.79. The van der Waals surface area contributed by atoms with Gasteiger partial charge >= 0.3 is 0 Å². The number of rotatable bonds is 3. The largest absolute Gasteiger partial charge is 0.388 e. The Labute approximate surface area is 111 Å². The molecule has 3 rings (SSSR count). The average molecular weight is 275 g/mol. The summed E-state index contributed by atoms with van der Waals surface area (Å²) >= 11 is 3.19. The molecule has 0 fully saturated rings. The van der Waals surface area contributed by atoms with E-state index in [2.05, 4.69) is 10.4 Å². The number of ketones is 1. The minimum absolute atomic E-state index is 0.262. The van der Waals surface area contributed by atoms with Gasteiger partial charge in [-0.3, -0.25) is 4.79 Å². The highest BCUT2D eigenvalue weighted by molar-refractivity contribution is 7.22. The van der Waals surface area contributed by atoms with E-state index in [-0.39, 0.29) is 5.78 Å². The van der Waals surface area contributed by atoms with Crippen molar-refractivity contribution in [3.63, 3.8) is 0 Å². The molecule has 2 heterocycles. The fourth-order valence-electron chi connectivity index (χ4n) is 1.70. The summed E-state index contributed by atoms with van der Waals surface area (Å²) < 4.78 is 0.968. The number of thiophene rings is 1. The van der Waals surface area contributed by atoms with Gasteiger partial charge in [0.05, 0.1) is 10.2 Å². The van der Waals surface area contributed by atoms with Gasteiger partial charge < -0.3 is 5.11 Å². The molecule has 0 bridgehead atoms. The summed E-state index contributed by atoms with van der Waals surface area (Å²) in [5.41, 5.74) is 2.53. The average Bonchev–Trinajstić information content (AvgIpc) is 3.04. The van der Waals surface area contributed by atoms with Crippen LogP contribution in [0.1, 0.15) is 10.4 Å². The first-order chi connectivity index (χ1) is 8.78. The Morgan fingerprint density at radius 2 is 2.22 bits per heavy atom. The summed E-state index contributed by atoms with van der Waals surface area (Å²) in [7, 11) is 0. The van der Waals surface area contributed by atoms with Crippen molar-refractivity contribution < 1.29 is 9.90 Å². The van der Waals surface area contributed by atoms with E-state index in [0.717, 1.165) is 20.8 Å². The van der Waals surface area contributed by atoms with Crippen LogP contribution in [0.25, 0.3) is 20.8 Å². The Bertz CT molecular complexity index is 701. The quantitative estimate of drug-likeness (QED) is 0.747. The summed E-state index contributed by atoms with van der Waals surface area (Å²) in [6.07, 6.45) is 0. The van der Waals surface area contributed by atoms with Gasteiger partial charge in [0.25, 0.3) is 0 Å². The number of hydrogen-bond donors (Lipinski definition) is 1. The van der Waals surface area contributed by atoms with Crippen molar-refractivity contribution in [1.29, 1.82) is 0 Å². The Hall–Kier alpha value is -1.56. The second-order valence-corrected chi connectivity index (χ2v) is 5.61. The topological polar surface area (TPSA) is 50.2 Å². The molecular formula is C13H9NO2S2. The molecule has 0 aliphatic heterocycles. The maximum atomic E-state index is 11.4.